The molecule has 11 nitrogen and oxygen atoms in total. The lowest BCUT2D eigenvalue weighted by molar-refractivity contribution is 0.134. The second-order valence-corrected chi connectivity index (χ2v) is 12.5. The minimum absolute atomic E-state index is 0.00672. The van der Waals surface area contributed by atoms with Crippen molar-refractivity contribution in [1.29, 1.82) is 0 Å². The van der Waals surface area contributed by atoms with Crippen LogP contribution < -0.4 is 19.5 Å². The number of fused-ring (bicyclic) bond motifs is 1. The summed E-state index contributed by atoms with van der Waals surface area (Å²) in [4.78, 5) is 9.23. The fraction of sp³-hybridized carbons (Fsp3) is 0.345. The SMILES string of the molecule is CN1CCN(CCOc2ccc3c(Nc4cc(-c5cc(Cl)ccc5F)nnc4OCCNS(C)(=O)=O)ccnc3c2)CC1. The molecule has 0 unspecified atom stereocenters. The number of nitrogens with one attached hydrogen (secondary N) is 2. The van der Waals surface area contributed by atoms with Crippen LogP contribution in [-0.4, -0.2) is 99.2 Å². The van der Waals surface area contributed by atoms with Crippen LogP contribution in [0.25, 0.3) is 22.2 Å². The van der Waals surface area contributed by atoms with Gasteiger partial charge in [0.15, 0.2) is 0 Å². The van der Waals surface area contributed by atoms with Gasteiger partial charge >= 0.3 is 0 Å². The second-order valence-electron chi connectivity index (χ2n) is 10.2. The molecule has 0 atom stereocenters. The van der Waals surface area contributed by atoms with Crippen molar-refractivity contribution in [2.24, 2.45) is 0 Å². The van der Waals surface area contributed by atoms with Gasteiger partial charge in [-0.15, -0.1) is 10.2 Å². The monoisotopic (exact) mass is 629 g/mol. The Morgan fingerprint density at radius 3 is 2.58 bits per heavy atom. The minimum atomic E-state index is -3.39. The van der Waals surface area contributed by atoms with Gasteiger partial charge in [0.2, 0.25) is 10.0 Å². The van der Waals surface area contributed by atoms with Crippen LogP contribution in [0.2, 0.25) is 5.02 Å². The normalized spacial score (nSPS) is 14.6. The number of pyridine rings is 1. The van der Waals surface area contributed by atoms with E-state index in [4.69, 9.17) is 21.1 Å². The third kappa shape index (κ3) is 8.48. The van der Waals surface area contributed by atoms with E-state index in [9.17, 15) is 12.8 Å². The molecule has 1 aliphatic heterocycles. The Kier molecular flexibility index (Phi) is 9.88. The predicted octanol–water partition coefficient (Wildman–Crippen LogP) is 3.78. The van der Waals surface area contributed by atoms with Gasteiger partial charge in [-0.25, -0.2) is 17.5 Å². The first kappa shape index (κ1) is 30.8. The van der Waals surface area contributed by atoms with Crippen molar-refractivity contribution in [2.75, 3.05) is 71.1 Å². The third-order valence-electron chi connectivity index (χ3n) is 6.93. The maximum Gasteiger partial charge on any atom is 0.257 e. The highest BCUT2D eigenvalue weighted by Crippen LogP contribution is 2.34. The fourth-order valence-electron chi connectivity index (χ4n) is 4.61. The predicted molar refractivity (Wildman–Crippen MR) is 165 cm³/mol. The summed E-state index contributed by atoms with van der Waals surface area (Å²) in [6, 6.07) is 13.3. The van der Waals surface area contributed by atoms with E-state index in [1.807, 2.05) is 18.2 Å². The zero-order chi connectivity index (χ0) is 30.4. The van der Waals surface area contributed by atoms with Crippen LogP contribution in [0.4, 0.5) is 15.8 Å². The van der Waals surface area contributed by atoms with Crippen LogP contribution in [0.3, 0.4) is 0 Å². The summed E-state index contributed by atoms with van der Waals surface area (Å²) in [6.45, 7) is 5.63. The summed E-state index contributed by atoms with van der Waals surface area (Å²) >= 11 is 6.11. The van der Waals surface area contributed by atoms with Gasteiger partial charge in [0.1, 0.15) is 30.5 Å². The second kappa shape index (κ2) is 13.8. The Labute approximate surface area is 255 Å². The number of aromatic nitrogens is 3. The molecule has 3 heterocycles. The van der Waals surface area contributed by atoms with Crippen molar-refractivity contribution < 1.29 is 22.3 Å². The zero-order valence-corrected chi connectivity index (χ0v) is 25.5. The number of anilines is 2. The molecule has 0 radical (unpaired) electrons. The number of piperazine rings is 1. The summed E-state index contributed by atoms with van der Waals surface area (Å²) in [5.74, 6) is 0.318. The lowest BCUT2D eigenvalue weighted by Crippen LogP contribution is -2.45. The molecule has 0 saturated carbocycles. The van der Waals surface area contributed by atoms with Gasteiger partial charge in [-0.2, -0.15) is 0 Å². The van der Waals surface area contributed by atoms with Crippen molar-refractivity contribution in [3.05, 3.63) is 65.6 Å². The summed E-state index contributed by atoms with van der Waals surface area (Å²) in [5.41, 5.74) is 2.21. The highest BCUT2D eigenvalue weighted by atomic mass is 35.5. The van der Waals surface area contributed by atoms with E-state index < -0.39 is 15.8 Å². The van der Waals surface area contributed by atoms with E-state index in [0.717, 1.165) is 50.1 Å². The van der Waals surface area contributed by atoms with E-state index in [0.29, 0.717) is 28.5 Å². The average Bonchev–Trinajstić information content (AvgIpc) is 2.98. The Morgan fingerprint density at radius 2 is 1.79 bits per heavy atom. The summed E-state index contributed by atoms with van der Waals surface area (Å²) in [5, 5.41) is 12.8. The smallest absolute Gasteiger partial charge is 0.257 e. The molecule has 1 saturated heterocycles. The van der Waals surface area contributed by atoms with E-state index in [1.165, 1.54) is 18.2 Å². The Morgan fingerprint density at radius 1 is 0.977 bits per heavy atom. The Bertz CT molecular complexity index is 1690. The Hall–Kier alpha value is -3.62. The van der Waals surface area contributed by atoms with Crippen molar-refractivity contribution in [2.45, 2.75) is 0 Å². The number of hydrogen-bond acceptors (Lipinski definition) is 10. The van der Waals surface area contributed by atoms with Crippen LogP contribution in [0.1, 0.15) is 0 Å². The molecule has 2 aromatic carbocycles. The lowest BCUT2D eigenvalue weighted by Gasteiger charge is -2.32. The molecular formula is C29H33ClFN7O4S. The van der Waals surface area contributed by atoms with Crippen molar-refractivity contribution in [3.63, 3.8) is 0 Å². The number of likely N-dealkylation sites (N-methyl/N-ethyl adjacent to an activating group) is 1. The first-order valence-corrected chi connectivity index (χ1v) is 16.0. The van der Waals surface area contributed by atoms with Crippen LogP contribution in [0.5, 0.6) is 11.6 Å². The quantitative estimate of drug-likeness (QED) is 0.224. The van der Waals surface area contributed by atoms with Gasteiger partial charge in [0, 0.05) is 73.2 Å². The van der Waals surface area contributed by atoms with E-state index in [2.05, 4.69) is 42.1 Å². The molecule has 2 aromatic heterocycles. The van der Waals surface area contributed by atoms with Crippen LogP contribution in [0.15, 0.2) is 54.7 Å². The zero-order valence-electron chi connectivity index (χ0n) is 23.9. The minimum Gasteiger partial charge on any atom is -0.492 e. The summed E-state index contributed by atoms with van der Waals surface area (Å²) in [6.07, 6.45) is 2.73. The van der Waals surface area contributed by atoms with Crippen molar-refractivity contribution in [1.82, 2.24) is 29.7 Å². The fourth-order valence-corrected chi connectivity index (χ4v) is 5.24. The average molecular weight is 630 g/mol. The van der Waals surface area contributed by atoms with Crippen LogP contribution in [0, 0.1) is 5.82 Å². The molecule has 2 N–H and O–H groups in total. The van der Waals surface area contributed by atoms with Crippen LogP contribution in [-0.2, 0) is 10.0 Å². The van der Waals surface area contributed by atoms with Crippen LogP contribution >= 0.6 is 11.6 Å². The molecule has 4 aromatic rings. The summed E-state index contributed by atoms with van der Waals surface area (Å²) in [7, 11) is -1.25. The molecule has 0 bridgehead atoms. The highest BCUT2D eigenvalue weighted by molar-refractivity contribution is 7.88. The number of ether oxygens (including phenoxy) is 2. The maximum atomic E-state index is 14.7. The third-order valence-corrected chi connectivity index (χ3v) is 7.89. The van der Waals surface area contributed by atoms with Gasteiger partial charge in [-0.3, -0.25) is 9.88 Å². The standard InChI is InChI=1S/C29H33ClFN7O4S/c1-37-10-12-38(13-11-37)14-16-41-21-4-5-22-25(7-8-32-26(22)18-21)34-28-19-27(23-17-20(30)3-6-24(23)31)35-36-29(28)42-15-9-33-43(2,39)40/h3-8,17-19,33H,9-16H2,1-2H3,(H,32,34,35). The molecule has 228 valence electrons. The molecule has 0 aliphatic carbocycles. The highest BCUT2D eigenvalue weighted by Gasteiger charge is 2.16. The molecule has 0 amide bonds. The molecule has 43 heavy (non-hydrogen) atoms. The first-order chi connectivity index (χ1) is 20.6. The van der Waals surface area contributed by atoms with E-state index in [1.54, 1.807) is 18.3 Å². The number of nitrogens with zero attached hydrogens (tertiary/aromatic N) is 5. The number of sulfonamides is 1. The van der Waals surface area contributed by atoms with Crippen molar-refractivity contribution in [3.8, 4) is 22.9 Å². The summed E-state index contributed by atoms with van der Waals surface area (Å²) < 4.78 is 51.7. The van der Waals surface area contributed by atoms with Gasteiger partial charge in [0.25, 0.3) is 5.88 Å². The Balaban J connectivity index is 1.36. The topological polar surface area (TPSA) is 122 Å². The van der Waals surface area contributed by atoms with Crippen molar-refractivity contribution >= 4 is 43.9 Å². The number of benzene rings is 2. The van der Waals surface area contributed by atoms with E-state index >= 15 is 0 Å². The molecule has 1 aliphatic rings. The molecule has 14 heteroatoms. The molecular weight excluding hydrogens is 597 g/mol. The van der Waals surface area contributed by atoms with Gasteiger partial charge in [0.05, 0.1) is 17.5 Å². The van der Waals surface area contributed by atoms with Gasteiger partial charge in [-0.05, 0) is 49.5 Å². The number of halogens is 2. The maximum absolute atomic E-state index is 14.7. The first-order valence-electron chi connectivity index (χ1n) is 13.7. The molecule has 0 spiro atoms. The molecule has 1 fully saturated rings. The number of rotatable bonds is 12. The molecule has 5 rings (SSSR count). The van der Waals surface area contributed by atoms with Gasteiger partial charge in [-0.1, -0.05) is 11.6 Å². The van der Waals surface area contributed by atoms with E-state index in [-0.39, 0.29) is 30.3 Å². The largest absolute Gasteiger partial charge is 0.492 e. The lowest BCUT2D eigenvalue weighted by atomic mass is 10.1. The number of hydrogen-bond donors (Lipinski definition) is 2. The van der Waals surface area contributed by atoms with Gasteiger partial charge < -0.3 is 19.7 Å².